The van der Waals surface area contributed by atoms with Gasteiger partial charge in [0.25, 0.3) is 0 Å². The highest BCUT2D eigenvalue weighted by molar-refractivity contribution is 5.77. The monoisotopic (exact) mass is 643 g/mol. The summed E-state index contributed by atoms with van der Waals surface area (Å²) in [5.74, 6) is -0.529. The normalized spacial score (nSPS) is 16.6. The molecule has 3 amide bonds. The molecule has 2 aromatic rings. The topological polar surface area (TPSA) is 53.1 Å². The molecule has 2 aromatic carbocycles. The van der Waals surface area contributed by atoms with Gasteiger partial charge in [0.05, 0.1) is 23.2 Å². The van der Waals surface area contributed by atoms with E-state index in [2.05, 4.69) is 13.2 Å². The Labute approximate surface area is 257 Å². The zero-order valence-corrected chi connectivity index (χ0v) is 25.4. The summed E-state index contributed by atoms with van der Waals surface area (Å²) in [4.78, 5) is 31.2. The highest BCUT2D eigenvalue weighted by atomic mass is 19.4. The van der Waals surface area contributed by atoms with E-state index in [4.69, 9.17) is 4.74 Å². The Morgan fingerprint density at radius 1 is 0.978 bits per heavy atom. The van der Waals surface area contributed by atoms with Crippen LogP contribution in [0.3, 0.4) is 0 Å². The SMILES string of the molecule is C=CCC(c1cc(C(F)(F)F)cc(C(F)(F)F)c1)N(CC=C)C(=O)N1CCN(C(=O)OC(C)(C)C)C[C@@H]1c1ccc(F)cc1C. The molecule has 0 saturated carbocycles. The van der Waals surface area contributed by atoms with Gasteiger partial charge in [-0.25, -0.2) is 14.0 Å². The number of nitrogens with zero attached hydrogens (tertiary/aromatic N) is 3. The predicted octanol–water partition coefficient (Wildman–Crippen LogP) is 8.69. The first-order chi connectivity index (χ1) is 20.8. The number of carbonyl (C=O) groups excluding carboxylic acids is 2. The number of carbonyl (C=O) groups is 2. The van der Waals surface area contributed by atoms with Gasteiger partial charge < -0.3 is 19.4 Å². The first kappa shape index (κ1) is 35.4. The molecule has 1 fully saturated rings. The van der Waals surface area contributed by atoms with Crippen LogP contribution in [0.25, 0.3) is 0 Å². The first-order valence-electron chi connectivity index (χ1n) is 14.1. The zero-order valence-electron chi connectivity index (χ0n) is 25.4. The quantitative estimate of drug-likeness (QED) is 0.224. The highest BCUT2D eigenvalue weighted by Gasteiger charge is 2.41. The van der Waals surface area contributed by atoms with E-state index in [-0.39, 0.29) is 38.7 Å². The van der Waals surface area contributed by atoms with Crippen molar-refractivity contribution in [2.45, 2.75) is 64.2 Å². The number of aryl methyl sites for hydroxylation is 1. The third kappa shape index (κ3) is 8.79. The number of ether oxygens (including phenoxy) is 1. The van der Waals surface area contributed by atoms with Crippen molar-refractivity contribution in [2.24, 2.45) is 0 Å². The van der Waals surface area contributed by atoms with E-state index in [0.717, 1.165) is 4.90 Å². The maximum Gasteiger partial charge on any atom is 0.416 e. The number of urea groups is 1. The van der Waals surface area contributed by atoms with Gasteiger partial charge in [0.2, 0.25) is 0 Å². The molecule has 3 rings (SSSR count). The smallest absolute Gasteiger partial charge is 0.416 e. The predicted molar refractivity (Wildman–Crippen MR) is 155 cm³/mol. The fourth-order valence-electron chi connectivity index (χ4n) is 5.20. The molecular weight excluding hydrogens is 607 g/mol. The molecule has 0 N–H and O–H groups in total. The number of hydrogen-bond acceptors (Lipinski definition) is 3. The summed E-state index contributed by atoms with van der Waals surface area (Å²) >= 11 is 0. The minimum Gasteiger partial charge on any atom is -0.444 e. The standard InChI is InChI=1S/C32H36F7N3O3/c1-7-9-26(21-16-22(31(34,35)36)18-23(17-21)32(37,38)39)41(12-8-2)28(43)42-14-13-40(29(44)45-30(4,5)6)19-27(42)25-11-10-24(33)15-20(25)3/h7-8,10-11,15-18,26-27H,1-2,9,12-14,19H2,3-6H3/t26?,27-/m1/s1. The molecule has 0 spiro atoms. The Hall–Kier alpha value is -4.03. The van der Waals surface area contributed by atoms with Gasteiger partial charge in [-0.2, -0.15) is 26.3 Å². The summed E-state index contributed by atoms with van der Waals surface area (Å²) in [6.45, 7) is 13.6. The molecule has 45 heavy (non-hydrogen) atoms. The molecule has 0 aromatic heterocycles. The molecule has 0 bridgehead atoms. The van der Waals surface area contributed by atoms with Crippen molar-refractivity contribution in [3.8, 4) is 0 Å². The second-order valence-corrected chi connectivity index (χ2v) is 11.7. The van der Waals surface area contributed by atoms with Gasteiger partial charge in [0.1, 0.15) is 11.4 Å². The lowest BCUT2D eigenvalue weighted by Crippen LogP contribution is -2.56. The van der Waals surface area contributed by atoms with E-state index in [1.807, 2.05) is 0 Å². The molecule has 0 aliphatic carbocycles. The van der Waals surface area contributed by atoms with Gasteiger partial charge >= 0.3 is 24.5 Å². The molecule has 1 heterocycles. The van der Waals surface area contributed by atoms with E-state index in [1.54, 1.807) is 27.7 Å². The molecule has 1 aliphatic heterocycles. The second kappa shape index (κ2) is 13.5. The Morgan fingerprint density at radius 2 is 1.58 bits per heavy atom. The molecule has 0 radical (unpaired) electrons. The van der Waals surface area contributed by atoms with Crippen LogP contribution in [0.4, 0.5) is 40.3 Å². The molecule has 13 heteroatoms. The average Bonchev–Trinajstić information content (AvgIpc) is 2.92. The maximum absolute atomic E-state index is 14.3. The molecule has 6 nitrogen and oxygen atoms in total. The summed E-state index contributed by atoms with van der Waals surface area (Å²) in [7, 11) is 0. The number of halogens is 7. The van der Waals surface area contributed by atoms with Gasteiger partial charge in [-0.3, -0.25) is 0 Å². The van der Waals surface area contributed by atoms with Crippen LogP contribution in [0.15, 0.2) is 61.7 Å². The second-order valence-electron chi connectivity index (χ2n) is 11.7. The molecule has 1 unspecified atom stereocenters. The van der Waals surface area contributed by atoms with Crippen molar-refractivity contribution in [2.75, 3.05) is 26.2 Å². The molecular formula is C32H36F7N3O3. The van der Waals surface area contributed by atoms with Crippen LogP contribution in [0.1, 0.15) is 67.1 Å². The maximum atomic E-state index is 14.3. The largest absolute Gasteiger partial charge is 0.444 e. The van der Waals surface area contributed by atoms with Gasteiger partial charge in [-0.15, -0.1) is 13.2 Å². The van der Waals surface area contributed by atoms with Crippen LogP contribution in [0.2, 0.25) is 0 Å². The van der Waals surface area contributed by atoms with Gasteiger partial charge in [0, 0.05) is 26.2 Å². The van der Waals surface area contributed by atoms with Gasteiger partial charge in [-0.1, -0.05) is 18.2 Å². The Morgan fingerprint density at radius 3 is 2.07 bits per heavy atom. The number of alkyl halides is 6. The lowest BCUT2D eigenvalue weighted by molar-refractivity contribution is -0.143. The van der Waals surface area contributed by atoms with E-state index in [1.165, 1.54) is 40.2 Å². The molecule has 246 valence electrons. The number of amides is 3. The average molecular weight is 644 g/mol. The van der Waals surface area contributed by atoms with E-state index in [0.29, 0.717) is 23.3 Å². The van der Waals surface area contributed by atoms with E-state index >= 15 is 0 Å². The third-order valence-corrected chi connectivity index (χ3v) is 7.20. The molecule has 2 atom stereocenters. The lowest BCUT2D eigenvalue weighted by Gasteiger charge is -2.45. The van der Waals surface area contributed by atoms with E-state index < -0.39 is 64.7 Å². The van der Waals surface area contributed by atoms with Crippen molar-refractivity contribution in [1.29, 1.82) is 0 Å². The highest BCUT2D eigenvalue weighted by Crippen LogP contribution is 2.40. The van der Waals surface area contributed by atoms with Crippen molar-refractivity contribution in [1.82, 2.24) is 14.7 Å². The minimum atomic E-state index is -5.09. The zero-order chi connectivity index (χ0) is 33.9. The van der Waals surface area contributed by atoms with Gasteiger partial charge in [-0.05, 0) is 81.1 Å². The van der Waals surface area contributed by atoms with Crippen LogP contribution in [0, 0.1) is 12.7 Å². The van der Waals surface area contributed by atoms with Crippen molar-refractivity contribution in [3.63, 3.8) is 0 Å². The minimum absolute atomic E-state index is 0.0211. The summed E-state index contributed by atoms with van der Waals surface area (Å²) in [5, 5.41) is 0. The van der Waals surface area contributed by atoms with Crippen LogP contribution < -0.4 is 0 Å². The third-order valence-electron chi connectivity index (χ3n) is 7.20. The van der Waals surface area contributed by atoms with Crippen LogP contribution in [-0.4, -0.2) is 58.6 Å². The molecule has 1 saturated heterocycles. The molecule has 1 aliphatic rings. The fraction of sp³-hybridized carbons (Fsp3) is 0.438. The summed E-state index contributed by atoms with van der Waals surface area (Å²) in [6, 6.07) is 2.24. The van der Waals surface area contributed by atoms with Crippen molar-refractivity contribution < 1.29 is 45.1 Å². The summed E-state index contributed by atoms with van der Waals surface area (Å²) in [5.41, 5.74) is -3.28. The van der Waals surface area contributed by atoms with E-state index in [9.17, 15) is 40.3 Å². The summed E-state index contributed by atoms with van der Waals surface area (Å²) < 4.78 is 102. The number of piperazine rings is 1. The number of rotatable bonds is 7. The Balaban J connectivity index is 2.13. The van der Waals surface area contributed by atoms with Crippen LogP contribution in [0.5, 0.6) is 0 Å². The Bertz CT molecular complexity index is 1380. The van der Waals surface area contributed by atoms with Crippen molar-refractivity contribution >= 4 is 12.1 Å². The Kier molecular flexibility index (Phi) is 10.7. The van der Waals surface area contributed by atoms with Crippen LogP contribution in [-0.2, 0) is 17.1 Å². The van der Waals surface area contributed by atoms with Crippen LogP contribution >= 0.6 is 0 Å². The lowest BCUT2D eigenvalue weighted by atomic mass is 9.95. The van der Waals surface area contributed by atoms with Gasteiger partial charge in [0.15, 0.2) is 0 Å². The number of hydrogen-bond donors (Lipinski definition) is 0. The summed E-state index contributed by atoms with van der Waals surface area (Å²) in [6.07, 6.45) is -8.41. The number of benzene rings is 2. The fourth-order valence-corrected chi connectivity index (χ4v) is 5.20. The van der Waals surface area contributed by atoms with Crippen molar-refractivity contribution in [3.05, 3.63) is 95.3 Å². The first-order valence-corrected chi connectivity index (χ1v) is 14.1.